The Bertz CT molecular complexity index is 1110. The summed E-state index contributed by atoms with van der Waals surface area (Å²) in [5, 5.41) is 6.28. The molecule has 0 radical (unpaired) electrons. The van der Waals surface area contributed by atoms with Crippen molar-refractivity contribution in [2.45, 2.75) is 20.3 Å². The molecule has 1 aliphatic heterocycles. The molecule has 2 heterocycles. The van der Waals surface area contributed by atoms with E-state index in [9.17, 15) is 4.79 Å². The summed E-state index contributed by atoms with van der Waals surface area (Å²) in [5.74, 6) is 2.19. The second-order valence-electron chi connectivity index (χ2n) is 8.03. The van der Waals surface area contributed by atoms with E-state index in [4.69, 9.17) is 9.47 Å². The highest BCUT2D eigenvalue weighted by atomic mass is 16.5. The number of hydrogen-bond acceptors (Lipinski definition) is 7. The summed E-state index contributed by atoms with van der Waals surface area (Å²) in [7, 11) is 1.64. The molecule has 2 aromatic carbocycles. The number of carbonyl (C=O) groups excluding carboxylic acids is 1. The van der Waals surface area contributed by atoms with Crippen LogP contribution in [0.2, 0.25) is 0 Å². The van der Waals surface area contributed by atoms with E-state index in [0.717, 1.165) is 52.9 Å². The van der Waals surface area contributed by atoms with Gasteiger partial charge < -0.3 is 25.0 Å². The fourth-order valence-electron chi connectivity index (χ4n) is 3.75. The number of carbonyl (C=O) groups is 1. The van der Waals surface area contributed by atoms with Crippen LogP contribution in [0, 0.1) is 13.8 Å². The quantitative estimate of drug-likeness (QED) is 0.568. The van der Waals surface area contributed by atoms with Gasteiger partial charge in [-0.15, -0.1) is 0 Å². The highest BCUT2D eigenvalue weighted by molar-refractivity contribution is 5.92. The van der Waals surface area contributed by atoms with Gasteiger partial charge in [-0.25, -0.2) is 4.98 Å². The zero-order valence-corrected chi connectivity index (χ0v) is 19.2. The second-order valence-corrected chi connectivity index (χ2v) is 8.03. The van der Waals surface area contributed by atoms with E-state index < -0.39 is 0 Å². The lowest BCUT2D eigenvalue weighted by atomic mass is 10.1. The molecule has 0 spiro atoms. The fourth-order valence-corrected chi connectivity index (χ4v) is 3.75. The average molecular weight is 448 g/mol. The van der Waals surface area contributed by atoms with Gasteiger partial charge in [0.15, 0.2) is 0 Å². The molecule has 2 N–H and O–H groups in total. The maximum Gasteiger partial charge on any atom is 0.228 e. The Balaban J connectivity index is 1.37. The molecule has 8 heteroatoms. The number of aromatic nitrogens is 2. The van der Waals surface area contributed by atoms with E-state index in [1.807, 2.05) is 62.4 Å². The minimum Gasteiger partial charge on any atom is -0.496 e. The molecule has 4 rings (SSSR count). The lowest BCUT2D eigenvalue weighted by Gasteiger charge is -2.27. The van der Waals surface area contributed by atoms with E-state index >= 15 is 0 Å². The standard InChI is InChI=1S/C25H29N5O3/c1-17-14-19(4-9-22(17)32-3)16-24(31)28-21-7-5-20(6-8-21)27-23-15-18(2)26-25(29-23)30-10-12-33-13-11-30/h4-9,14-15H,10-13,16H2,1-3H3,(H,28,31)(H,26,27,29). The number of anilines is 4. The molecule has 1 saturated heterocycles. The number of hydrogen-bond donors (Lipinski definition) is 2. The van der Waals surface area contributed by atoms with Crippen molar-refractivity contribution in [3.8, 4) is 5.75 Å². The van der Waals surface area contributed by atoms with Crippen LogP contribution in [0.15, 0.2) is 48.5 Å². The molecule has 1 aliphatic rings. The molecule has 33 heavy (non-hydrogen) atoms. The summed E-state index contributed by atoms with van der Waals surface area (Å²) in [6.45, 7) is 6.87. The van der Waals surface area contributed by atoms with Crippen molar-refractivity contribution in [1.82, 2.24) is 9.97 Å². The predicted molar refractivity (Wildman–Crippen MR) is 130 cm³/mol. The summed E-state index contributed by atoms with van der Waals surface area (Å²) >= 11 is 0. The Labute approximate surface area is 194 Å². The minimum absolute atomic E-state index is 0.0677. The molecule has 0 aliphatic carbocycles. The monoisotopic (exact) mass is 447 g/mol. The maximum atomic E-state index is 12.5. The Kier molecular flexibility index (Phi) is 7.04. The summed E-state index contributed by atoms with van der Waals surface area (Å²) in [5.41, 5.74) is 4.47. The van der Waals surface area contributed by atoms with Crippen molar-refractivity contribution in [2.75, 3.05) is 48.9 Å². The first-order valence-corrected chi connectivity index (χ1v) is 11.0. The molecular weight excluding hydrogens is 418 g/mol. The fraction of sp³-hybridized carbons (Fsp3) is 0.320. The number of nitrogens with one attached hydrogen (secondary N) is 2. The highest BCUT2D eigenvalue weighted by Crippen LogP contribution is 2.22. The van der Waals surface area contributed by atoms with Gasteiger partial charge >= 0.3 is 0 Å². The first-order valence-electron chi connectivity index (χ1n) is 11.0. The number of rotatable bonds is 7. The van der Waals surface area contributed by atoms with Gasteiger partial charge in [-0.05, 0) is 55.3 Å². The first-order chi connectivity index (χ1) is 16.0. The molecule has 0 atom stereocenters. The number of morpholine rings is 1. The Morgan fingerprint density at radius 1 is 1.03 bits per heavy atom. The van der Waals surface area contributed by atoms with Gasteiger partial charge in [0.2, 0.25) is 11.9 Å². The Morgan fingerprint density at radius 2 is 1.76 bits per heavy atom. The van der Waals surface area contributed by atoms with Crippen LogP contribution in [-0.4, -0.2) is 49.3 Å². The van der Waals surface area contributed by atoms with E-state index in [1.54, 1.807) is 7.11 Å². The summed E-state index contributed by atoms with van der Waals surface area (Å²) < 4.78 is 10.7. The summed E-state index contributed by atoms with van der Waals surface area (Å²) in [6.07, 6.45) is 0.301. The van der Waals surface area contributed by atoms with Crippen molar-refractivity contribution in [2.24, 2.45) is 0 Å². The van der Waals surface area contributed by atoms with Crippen molar-refractivity contribution >= 4 is 29.0 Å². The van der Waals surface area contributed by atoms with Crippen LogP contribution in [0.25, 0.3) is 0 Å². The Hall–Kier alpha value is -3.65. The van der Waals surface area contributed by atoms with Crippen LogP contribution in [0.4, 0.5) is 23.1 Å². The van der Waals surface area contributed by atoms with Crippen LogP contribution < -0.4 is 20.3 Å². The van der Waals surface area contributed by atoms with Crippen LogP contribution in [-0.2, 0) is 16.0 Å². The largest absolute Gasteiger partial charge is 0.496 e. The van der Waals surface area contributed by atoms with Gasteiger partial charge in [-0.3, -0.25) is 4.79 Å². The molecule has 0 unspecified atom stereocenters. The van der Waals surface area contributed by atoms with Gasteiger partial charge in [-0.2, -0.15) is 4.98 Å². The van der Waals surface area contributed by atoms with Gasteiger partial charge in [0.25, 0.3) is 0 Å². The molecule has 172 valence electrons. The number of ether oxygens (including phenoxy) is 2. The lowest BCUT2D eigenvalue weighted by molar-refractivity contribution is -0.115. The van der Waals surface area contributed by atoms with Crippen LogP contribution in [0.1, 0.15) is 16.8 Å². The van der Waals surface area contributed by atoms with E-state index in [0.29, 0.717) is 25.6 Å². The molecular formula is C25H29N5O3. The van der Waals surface area contributed by atoms with Gasteiger partial charge in [0.1, 0.15) is 11.6 Å². The third-order valence-corrected chi connectivity index (χ3v) is 5.40. The topological polar surface area (TPSA) is 88.6 Å². The average Bonchev–Trinajstić information content (AvgIpc) is 2.81. The molecule has 0 bridgehead atoms. The van der Waals surface area contributed by atoms with E-state index in [1.165, 1.54) is 0 Å². The molecule has 1 aromatic heterocycles. The van der Waals surface area contributed by atoms with Gasteiger partial charge in [0.05, 0.1) is 26.7 Å². The zero-order chi connectivity index (χ0) is 23.2. The lowest BCUT2D eigenvalue weighted by Crippen LogP contribution is -2.37. The SMILES string of the molecule is COc1ccc(CC(=O)Nc2ccc(Nc3cc(C)nc(N4CCOCC4)n3)cc2)cc1C. The summed E-state index contributed by atoms with van der Waals surface area (Å²) in [4.78, 5) is 23.8. The smallest absolute Gasteiger partial charge is 0.228 e. The number of benzene rings is 2. The van der Waals surface area contributed by atoms with Crippen molar-refractivity contribution in [3.63, 3.8) is 0 Å². The number of aryl methyl sites for hydroxylation is 2. The van der Waals surface area contributed by atoms with Crippen molar-refractivity contribution < 1.29 is 14.3 Å². The number of methoxy groups -OCH3 is 1. The first kappa shape index (κ1) is 22.5. The summed E-state index contributed by atoms with van der Waals surface area (Å²) in [6, 6.07) is 15.3. The third kappa shape index (κ3) is 5.98. The molecule has 3 aromatic rings. The molecule has 8 nitrogen and oxygen atoms in total. The third-order valence-electron chi connectivity index (χ3n) is 5.40. The number of nitrogens with zero attached hydrogens (tertiary/aromatic N) is 3. The van der Waals surface area contributed by atoms with Crippen LogP contribution in [0.3, 0.4) is 0 Å². The molecule has 0 saturated carbocycles. The van der Waals surface area contributed by atoms with Gasteiger partial charge in [0, 0.05) is 36.2 Å². The molecule has 1 amide bonds. The van der Waals surface area contributed by atoms with Gasteiger partial charge in [-0.1, -0.05) is 12.1 Å². The predicted octanol–water partition coefficient (Wildman–Crippen LogP) is 3.86. The second kappa shape index (κ2) is 10.3. The van der Waals surface area contributed by atoms with E-state index in [-0.39, 0.29) is 5.91 Å². The number of amides is 1. The van der Waals surface area contributed by atoms with E-state index in [2.05, 4.69) is 25.5 Å². The molecule has 1 fully saturated rings. The van der Waals surface area contributed by atoms with Crippen molar-refractivity contribution in [3.05, 3.63) is 65.4 Å². The highest BCUT2D eigenvalue weighted by Gasteiger charge is 2.15. The minimum atomic E-state index is -0.0677. The normalized spacial score (nSPS) is 13.5. The zero-order valence-electron chi connectivity index (χ0n) is 19.2. The Morgan fingerprint density at radius 3 is 2.45 bits per heavy atom. The maximum absolute atomic E-state index is 12.5. The van der Waals surface area contributed by atoms with Crippen molar-refractivity contribution in [1.29, 1.82) is 0 Å². The van der Waals surface area contributed by atoms with Crippen LogP contribution >= 0.6 is 0 Å². The van der Waals surface area contributed by atoms with Crippen LogP contribution in [0.5, 0.6) is 5.75 Å².